The van der Waals surface area contributed by atoms with Crippen LogP contribution in [0.2, 0.25) is 0 Å². The smallest absolute Gasteiger partial charge is 0.166 e. The second kappa shape index (κ2) is 5.66. The average molecular weight is 223 g/mol. The van der Waals surface area contributed by atoms with E-state index in [1.807, 2.05) is 60.7 Å². The van der Waals surface area contributed by atoms with Crippen molar-refractivity contribution in [2.45, 2.75) is 0 Å². The summed E-state index contributed by atoms with van der Waals surface area (Å²) in [4.78, 5) is 13.4. The minimum absolute atomic E-state index is 0.594. The van der Waals surface area contributed by atoms with Gasteiger partial charge in [0.2, 0.25) is 0 Å². The van der Waals surface area contributed by atoms with Gasteiger partial charge in [-0.3, -0.25) is 4.79 Å². The van der Waals surface area contributed by atoms with Crippen molar-refractivity contribution in [2.75, 3.05) is 0 Å². The third kappa shape index (κ3) is 3.31. The van der Waals surface area contributed by atoms with E-state index in [0.29, 0.717) is 5.69 Å². The fraction of sp³-hybridized carbons (Fsp3) is 0. The van der Waals surface area contributed by atoms with Gasteiger partial charge in [-0.25, -0.2) is 0 Å². The molecule has 1 N–H and O–H groups in total. The molecule has 1 heterocycles. The first kappa shape index (κ1) is 11.1. The van der Waals surface area contributed by atoms with Gasteiger partial charge in [-0.1, -0.05) is 48.6 Å². The Morgan fingerprint density at radius 1 is 0.824 bits per heavy atom. The first-order chi connectivity index (χ1) is 8.38. The number of carbonyl (C=O) groups is 1. The first-order valence-corrected chi connectivity index (χ1v) is 5.42. The summed E-state index contributed by atoms with van der Waals surface area (Å²) < 4.78 is 0. The molecule has 2 heteroatoms. The van der Waals surface area contributed by atoms with E-state index >= 15 is 0 Å². The number of aromatic amines is 1. The monoisotopic (exact) mass is 223 g/mol. The minimum atomic E-state index is 0.594. The van der Waals surface area contributed by atoms with Crippen molar-refractivity contribution in [3.63, 3.8) is 0 Å². The second-order valence-corrected chi connectivity index (χ2v) is 3.62. The van der Waals surface area contributed by atoms with Crippen LogP contribution in [0.25, 0.3) is 12.2 Å². The predicted molar refractivity (Wildman–Crippen MR) is 70.7 cm³/mol. The van der Waals surface area contributed by atoms with Crippen molar-refractivity contribution >= 4 is 18.4 Å². The lowest BCUT2D eigenvalue weighted by molar-refractivity contribution is 0.111. The van der Waals surface area contributed by atoms with Crippen molar-refractivity contribution in [1.82, 2.24) is 4.98 Å². The summed E-state index contributed by atoms with van der Waals surface area (Å²) in [6, 6.07) is 13.7. The Bertz CT molecular complexity index is 535. The molecule has 0 fully saturated rings. The maximum Gasteiger partial charge on any atom is 0.166 e. The van der Waals surface area contributed by atoms with Crippen LogP contribution in [0, 0.1) is 0 Å². The third-order valence-electron chi connectivity index (χ3n) is 2.33. The van der Waals surface area contributed by atoms with E-state index in [0.717, 1.165) is 17.5 Å². The zero-order chi connectivity index (χ0) is 11.9. The van der Waals surface area contributed by atoms with E-state index in [9.17, 15) is 4.79 Å². The number of hydrogen-bond donors (Lipinski definition) is 1. The molecule has 0 radical (unpaired) electrons. The molecule has 1 aromatic carbocycles. The molecule has 0 spiro atoms. The lowest BCUT2D eigenvalue weighted by atomic mass is 10.2. The normalized spacial score (nSPS) is 11.3. The Kier molecular flexibility index (Phi) is 3.71. The van der Waals surface area contributed by atoms with Gasteiger partial charge in [0.1, 0.15) is 0 Å². The molecular formula is C15H13NO. The predicted octanol–water partition coefficient (Wildman–Crippen LogP) is 3.55. The Balaban J connectivity index is 1.98. The molecule has 1 aromatic heterocycles. The van der Waals surface area contributed by atoms with Gasteiger partial charge in [0.05, 0.1) is 5.69 Å². The molecule has 0 amide bonds. The van der Waals surface area contributed by atoms with Crippen LogP contribution in [-0.2, 0) is 0 Å². The maximum atomic E-state index is 10.5. The Morgan fingerprint density at radius 3 is 2.24 bits per heavy atom. The third-order valence-corrected chi connectivity index (χ3v) is 2.33. The Labute approximate surface area is 100 Å². The van der Waals surface area contributed by atoms with Crippen molar-refractivity contribution < 1.29 is 4.79 Å². The van der Waals surface area contributed by atoms with Crippen LogP contribution in [0.3, 0.4) is 0 Å². The van der Waals surface area contributed by atoms with E-state index < -0.39 is 0 Å². The molecule has 0 aliphatic carbocycles. The summed E-state index contributed by atoms with van der Waals surface area (Å²) in [6.45, 7) is 0. The van der Waals surface area contributed by atoms with Crippen LogP contribution in [0.1, 0.15) is 21.7 Å². The number of aromatic nitrogens is 1. The van der Waals surface area contributed by atoms with E-state index in [2.05, 4.69) is 4.98 Å². The van der Waals surface area contributed by atoms with Crippen LogP contribution >= 0.6 is 0 Å². The number of hydrogen-bond acceptors (Lipinski definition) is 1. The highest BCUT2D eigenvalue weighted by molar-refractivity contribution is 5.73. The molecule has 17 heavy (non-hydrogen) atoms. The summed E-state index contributed by atoms with van der Waals surface area (Å²) in [7, 11) is 0. The van der Waals surface area contributed by atoms with Gasteiger partial charge in [-0.2, -0.15) is 0 Å². The van der Waals surface area contributed by atoms with Crippen molar-refractivity contribution in [2.24, 2.45) is 0 Å². The second-order valence-electron chi connectivity index (χ2n) is 3.62. The summed E-state index contributed by atoms with van der Waals surface area (Å²) in [5.41, 5.74) is 2.68. The highest BCUT2D eigenvalue weighted by Crippen LogP contribution is 2.04. The molecule has 0 saturated heterocycles. The largest absolute Gasteiger partial charge is 0.353 e. The molecule has 2 nitrogen and oxygen atoms in total. The molecule has 84 valence electrons. The van der Waals surface area contributed by atoms with Gasteiger partial charge in [-0.05, 0) is 23.8 Å². The van der Waals surface area contributed by atoms with E-state index in [-0.39, 0.29) is 0 Å². The molecule has 2 aromatic rings. The number of H-pyrrole nitrogens is 1. The van der Waals surface area contributed by atoms with Gasteiger partial charge >= 0.3 is 0 Å². The van der Waals surface area contributed by atoms with Crippen molar-refractivity contribution in [1.29, 1.82) is 0 Å². The Hall–Kier alpha value is -2.35. The number of carbonyl (C=O) groups excluding carboxylic acids is 1. The van der Waals surface area contributed by atoms with Crippen LogP contribution in [0.5, 0.6) is 0 Å². The van der Waals surface area contributed by atoms with Crippen molar-refractivity contribution in [3.05, 3.63) is 71.6 Å². The zero-order valence-electron chi connectivity index (χ0n) is 9.34. The lowest BCUT2D eigenvalue weighted by Crippen LogP contribution is -1.77. The molecule has 0 atom stereocenters. The number of benzene rings is 1. The summed E-state index contributed by atoms with van der Waals surface area (Å²) in [6.07, 6.45) is 8.66. The number of allylic oxidation sites excluding steroid dienone is 2. The quantitative estimate of drug-likeness (QED) is 0.624. The van der Waals surface area contributed by atoms with E-state index in [1.54, 1.807) is 6.07 Å². The summed E-state index contributed by atoms with van der Waals surface area (Å²) in [5, 5.41) is 0. The van der Waals surface area contributed by atoms with Crippen LogP contribution in [-0.4, -0.2) is 11.3 Å². The molecule has 0 saturated carbocycles. The van der Waals surface area contributed by atoms with Gasteiger partial charge in [0.25, 0.3) is 0 Å². The lowest BCUT2D eigenvalue weighted by Gasteiger charge is -1.88. The molecule has 2 rings (SSSR count). The van der Waals surface area contributed by atoms with Gasteiger partial charge in [-0.15, -0.1) is 0 Å². The minimum Gasteiger partial charge on any atom is -0.353 e. The fourth-order valence-electron chi connectivity index (χ4n) is 1.49. The zero-order valence-corrected chi connectivity index (χ0v) is 9.34. The highest BCUT2D eigenvalue weighted by atomic mass is 16.1. The molecular weight excluding hydrogens is 210 g/mol. The first-order valence-electron chi connectivity index (χ1n) is 5.42. The van der Waals surface area contributed by atoms with Crippen LogP contribution in [0.15, 0.2) is 54.6 Å². The van der Waals surface area contributed by atoms with E-state index in [1.165, 1.54) is 0 Å². The molecule has 0 unspecified atom stereocenters. The van der Waals surface area contributed by atoms with Gasteiger partial charge < -0.3 is 4.98 Å². The standard InChI is InChI=1S/C15H13NO/c17-12-15-11-10-14(16-15)9-5-4-8-13-6-2-1-3-7-13/h1-12,16H/b8-4+,9-5?. The average Bonchev–Trinajstić information content (AvgIpc) is 2.84. The van der Waals surface area contributed by atoms with Crippen molar-refractivity contribution in [3.8, 4) is 0 Å². The number of rotatable bonds is 4. The topological polar surface area (TPSA) is 32.9 Å². The van der Waals surface area contributed by atoms with Crippen LogP contribution < -0.4 is 0 Å². The van der Waals surface area contributed by atoms with Gasteiger partial charge in [0, 0.05) is 5.69 Å². The van der Waals surface area contributed by atoms with Gasteiger partial charge in [0.15, 0.2) is 6.29 Å². The molecule has 0 aliphatic heterocycles. The number of aldehydes is 1. The highest BCUT2D eigenvalue weighted by Gasteiger charge is 1.91. The van der Waals surface area contributed by atoms with E-state index in [4.69, 9.17) is 0 Å². The fourth-order valence-corrected chi connectivity index (χ4v) is 1.49. The molecule has 0 bridgehead atoms. The summed E-state index contributed by atoms with van der Waals surface area (Å²) >= 11 is 0. The maximum absolute atomic E-state index is 10.5. The Morgan fingerprint density at radius 2 is 1.53 bits per heavy atom. The summed E-state index contributed by atoms with van der Waals surface area (Å²) in [5.74, 6) is 0. The SMILES string of the molecule is O=Cc1ccc(C=C/C=C/c2ccccc2)[nH]1. The number of nitrogens with one attached hydrogen (secondary N) is 1. The van der Waals surface area contributed by atoms with Crippen LogP contribution in [0.4, 0.5) is 0 Å². The molecule has 0 aliphatic rings.